The predicted octanol–water partition coefficient (Wildman–Crippen LogP) is 0.609. The maximum absolute atomic E-state index is 9.78. The van der Waals surface area contributed by atoms with Gasteiger partial charge < -0.3 is 0 Å². The van der Waals surface area contributed by atoms with E-state index in [-0.39, 0.29) is 6.42 Å². The third-order valence-corrected chi connectivity index (χ3v) is 1.75. The second kappa shape index (κ2) is 2.77. The van der Waals surface area contributed by atoms with Crippen LogP contribution < -0.4 is 0 Å². The van der Waals surface area contributed by atoms with Gasteiger partial charge in [0.15, 0.2) is 5.17 Å². The molecule has 1 aliphatic rings. The molecule has 1 N–H and O–H groups in total. The van der Waals surface area contributed by atoms with E-state index in [2.05, 4.69) is 4.99 Å². The van der Waals surface area contributed by atoms with Crippen molar-refractivity contribution in [2.75, 3.05) is 5.75 Å². The lowest BCUT2D eigenvalue weighted by atomic mass is 10.3. The summed E-state index contributed by atoms with van der Waals surface area (Å²) in [6, 6.07) is 0. The first-order valence-electron chi connectivity index (χ1n) is 2.45. The Hall–Kier alpha value is -0.640. The molecule has 3 nitrogen and oxygen atoms in total. The molecule has 0 amide bonds. The largest absolute Gasteiger partial charge is 0.290 e. The predicted molar refractivity (Wildman–Crippen MR) is 37.9 cm³/mol. The molecule has 0 atom stereocenters. The normalized spacial score (nSPS) is 17.8. The molecule has 1 heterocycles. The van der Waals surface area contributed by atoms with Crippen LogP contribution in [0, 0.1) is 5.41 Å². The van der Waals surface area contributed by atoms with Gasteiger partial charge in [0.2, 0.25) is 6.29 Å². The summed E-state index contributed by atoms with van der Waals surface area (Å²) in [5.74, 6) is 0.689. The fourth-order valence-corrected chi connectivity index (χ4v) is 1.20. The molecule has 0 saturated carbocycles. The first-order chi connectivity index (χ1) is 4.33. The highest BCUT2D eigenvalue weighted by Gasteiger charge is 2.10. The molecule has 4 heteroatoms. The van der Waals surface area contributed by atoms with E-state index in [1.54, 1.807) is 6.29 Å². The average Bonchev–Trinajstić information content (AvgIpc) is 2.17. The summed E-state index contributed by atoms with van der Waals surface area (Å²) in [4.78, 5) is 13.6. The smallest absolute Gasteiger partial charge is 0.204 e. The second-order valence-electron chi connectivity index (χ2n) is 1.59. The van der Waals surface area contributed by atoms with Gasteiger partial charge in [0.05, 0.1) is 6.42 Å². The van der Waals surface area contributed by atoms with Crippen molar-refractivity contribution in [1.29, 1.82) is 5.41 Å². The third kappa shape index (κ3) is 1.64. The maximum atomic E-state index is 9.78. The van der Waals surface area contributed by atoms with Gasteiger partial charge in [0, 0.05) is 11.5 Å². The Morgan fingerprint density at radius 1 is 1.89 bits per heavy atom. The molecular formula is C5H5N2OS. The average molecular weight is 141 g/mol. The second-order valence-corrected chi connectivity index (χ2v) is 2.56. The van der Waals surface area contributed by atoms with Crippen molar-refractivity contribution in [2.24, 2.45) is 4.99 Å². The first kappa shape index (κ1) is 6.48. The van der Waals surface area contributed by atoms with Crippen LogP contribution in [0.15, 0.2) is 4.99 Å². The molecule has 47 valence electrons. The minimum absolute atomic E-state index is 0.259. The van der Waals surface area contributed by atoms with Gasteiger partial charge in [-0.15, -0.1) is 0 Å². The number of nitrogens with one attached hydrogen (secondary N) is 1. The fourth-order valence-electron chi connectivity index (χ4n) is 0.534. The molecule has 0 saturated heterocycles. The van der Waals surface area contributed by atoms with Crippen LogP contribution in [0.25, 0.3) is 0 Å². The number of carbonyl (C=O) groups excluding carboxylic acids is 1. The summed E-state index contributed by atoms with van der Waals surface area (Å²) in [6.07, 6.45) is 2.00. The number of aliphatic imine (C=N–C) groups is 1. The van der Waals surface area contributed by atoms with Crippen LogP contribution in [0.4, 0.5) is 0 Å². The summed E-state index contributed by atoms with van der Waals surface area (Å²) in [7, 11) is 0. The van der Waals surface area contributed by atoms with Crippen molar-refractivity contribution in [2.45, 2.75) is 6.42 Å². The standard InChI is InChI=1S/C5H5N2OS/c6-5-7-4(1-2-8)3-9-5/h6H,1,3H2. The topological polar surface area (TPSA) is 53.3 Å². The third-order valence-electron chi connectivity index (χ3n) is 0.911. The van der Waals surface area contributed by atoms with Crippen molar-refractivity contribution in [3.05, 3.63) is 0 Å². The minimum Gasteiger partial charge on any atom is -0.290 e. The Balaban J connectivity index is 2.51. The molecule has 0 aliphatic carbocycles. The molecule has 1 aliphatic heterocycles. The summed E-state index contributed by atoms with van der Waals surface area (Å²) in [5.41, 5.74) is 0.764. The van der Waals surface area contributed by atoms with Gasteiger partial charge in [-0.2, -0.15) is 0 Å². The van der Waals surface area contributed by atoms with E-state index in [4.69, 9.17) is 5.41 Å². The summed E-state index contributed by atoms with van der Waals surface area (Å²) >= 11 is 1.35. The molecule has 0 bridgehead atoms. The highest BCUT2D eigenvalue weighted by atomic mass is 32.2. The zero-order valence-corrected chi connectivity index (χ0v) is 5.49. The molecule has 0 aromatic heterocycles. The quantitative estimate of drug-likeness (QED) is 0.612. The summed E-state index contributed by atoms with van der Waals surface area (Å²) in [5, 5.41) is 7.31. The monoisotopic (exact) mass is 141 g/mol. The Morgan fingerprint density at radius 3 is 3.11 bits per heavy atom. The van der Waals surface area contributed by atoms with Crippen LogP contribution >= 0.6 is 11.8 Å². The SMILES string of the molecule is N=C1N=C(C[C]=O)CS1. The fraction of sp³-hybridized carbons (Fsp3) is 0.400. The number of thioether (sulfide) groups is 1. The van der Waals surface area contributed by atoms with Crippen LogP contribution in [0.1, 0.15) is 6.42 Å². The minimum atomic E-state index is 0.259. The highest BCUT2D eigenvalue weighted by Crippen LogP contribution is 2.13. The van der Waals surface area contributed by atoms with Crippen LogP contribution in [0.3, 0.4) is 0 Å². The number of rotatable bonds is 2. The number of hydrogen-bond acceptors (Lipinski definition) is 3. The highest BCUT2D eigenvalue weighted by molar-refractivity contribution is 8.14. The first-order valence-corrected chi connectivity index (χ1v) is 3.44. The van der Waals surface area contributed by atoms with Crippen molar-refractivity contribution in [1.82, 2.24) is 0 Å². The maximum Gasteiger partial charge on any atom is 0.204 e. The Bertz CT molecular complexity index is 176. The van der Waals surface area contributed by atoms with Crippen molar-refractivity contribution >= 4 is 28.9 Å². The van der Waals surface area contributed by atoms with Gasteiger partial charge in [-0.25, -0.2) is 4.99 Å². The van der Waals surface area contributed by atoms with Crippen LogP contribution in [-0.2, 0) is 4.79 Å². The lowest BCUT2D eigenvalue weighted by molar-refractivity contribution is 0.557. The molecular weight excluding hydrogens is 136 g/mol. The van der Waals surface area contributed by atoms with Gasteiger partial charge in [0.25, 0.3) is 0 Å². The van der Waals surface area contributed by atoms with Crippen LogP contribution in [0.2, 0.25) is 0 Å². The van der Waals surface area contributed by atoms with Gasteiger partial charge >= 0.3 is 0 Å². The molecule has 1 rings (SSSR count). The van der Waals surface area contributed by atoms with E-state index in [0.29, 0.717) is 10.9 Å². The molecule has 0 aromatic carbocycles. The van der Waals surface area contributed by atoms with E-state index < -0.39 is 0 Å². The zero-order chi connectivity index (χ0) is 6.69. The molecule has 0 aromatic rings. The molecule has 0 fully saturated rings. The van der Waals surface area contributed by atoms with Gasteiger partial charge in [-0.05, 0) is 0 Å². The van der Waals surface area contributed by atoms with E-state index in [0.717, 1.165) is 5.71 Å². The molecule has 0 spiro atoms. The van der Waals surface area contributed by atoms with Gasteiger partial charge in [-0.3, -0.25) is 10.2 Å². The summed E-state index contributed by atoms with van der Waals surface area (Å²) < 4.78 is 0. The molecule has 9 heavy (non-hydrogen) atoms. The molecule has 0 unspecified atom stereocenters. The van der Waals surface area contributed by atoms with E-state index in [9.17, 15) is 4.79 Å². The van der Waals surface area contributed by atoms with Gasteiger partial charge in [-0.1, -0.05) is 11.8 Å². The number of amidine groups is 1. The lowest BCUT2D eigenvalue weighted by Crippen LogP contribution is -1.96. The zero-order valence-electron chi connectivity index (χ0n) is 4.68. The van der Waals surface area contributed by atoms with Crippen molar-refractivity contribution < 1.29 is 4.79 Å². The lowest BCUT2D eigenvalue weighted by Gasteiger charge is -1.82. The Labute approximate surface area is 57.1 Å². The summed E-state index contributed by atoms with van der Waals surface area (Å²) in [6.45, 7) is 0. The number of nitrogens with zero attached hydrogens (tertiary/aromatic N) is 1. The van der Waals surface area contributed by atoms with E-state index in [1.807, 2.05) is 0 Å². The number of hydrogen-bond donors (Lipinski definition) is 1. The Kier molecular flexibility index (Phi) is 2.00. The van der Waals surface area contributed by atoms with E-state index in [1.165, 1.54) is 11.8 Å². The van der Waals surface area contributed by atoms with Crippen molar-refractivity contribution in [3.8, 4) is 0 Å². The van der Waals surface area contributed by atoms with Crippen LogP contribution in [0.5, 0.6) is 0 Å². The van der Waals surface area contributed by atoms with Gasteiger partial charge in [0.1, 0.15) is 0 Å². The van der Waals surface area contributed by atoms with Crippen LogP contribution in [-0.4, -0.2) is 22.9 Å². The molecule has 1 radical (unpaired) electrons. The van der Waals surface area contributed by atoms with Crippen molar-refractivity contribution in [3.63, 3.8) is 0 Å². The Morgan fingerprint density at radius 2 is 2.67 bits per heavy atom. The van der Waals surface area contributed by atoms with E-state index >= 15 is 0 Å².